The van der Waals surface area contributed by atoms with Gasteiger partial charge in [0.25, 0.3) is 11.8 Å². The first-order chi connectivity index (χ1) is 11.5. The summed E-state index contributed by atoms with van der Waals surface area (Å²) in [5, 5.41) is 0.400. The molecule has 2 aromatic rings. The van der Waals surface area contributed by atoms with Gasteiger partial charge in [-0.3, -0.25) is 20.4 Å². The Kier molecular flexibility index (Phi) is 6.89. The molecule has 0 unspecified atom stereocenters. The Balaban J connectivity index is 1.66. The van der Waals surface area contributed by atoms with E-state index in [1.807, 2.05) is 0 Å². The van der Waals surface area contributed by atoms with Gasteiger partial charge in [-0.1, -0.05) is 39.7 Å². The molecule has 6 nitrogen and oxygen atoms in total. The quantitative estimate of drug-likeness (QED) is 0.714. The van der Waals surface area contributed by atoms with Crippen molar-refractivity contribution in [1.29, 1.82) is 0 Å². The topological polar surface area (TPSA) is 76.7 Å². The number of hydrazine groups is 1. The van der Waals surface area contributed by atoms with Crippen LogP contribution in [0, 0.1) is 0 Å². The van der Waals surface area contributed by atoms with Gasteiger partial charge in [0.1, 0.15) is 11.5 Å². The van der Waals surface area contributed by atoms with E-state index in [1.54, 1.807) is 48.5 Å². The van der Waals surface area contributed by atoms with E-state index < -0.39 is 11.8 Å². The molecule has 0 radical (unpaired) electrons. The van der Waals surface area contributed by atoms with Crippen LogP contribution >= 0.6 is 27.5 Å². The Hall–Kier alpha value is -2.25. The molecule has 0 saturated carbocycles. The minimum atomic E-state index is -0.521. The normalized spacial score (nSPS) is 9.92. The lowest BCUT2D eigenvalue weighted by molar-refractivity contribution is -0.131. The number of nitrogens with one attached hydrogen (secondary N) is 2. The molecule has 2 rings (SSSR count). The lowest BCUT2D eigenvalue weighted by Gasteiger charge is -2.10. The van der Waals surface area contributed by atoms with Gasteiger partial charge < -0.3 is 9.47 Å². The van der Waals surface area contributed by atoms with Crippen LogP contribution in [0.25, 0.3) is 0 Å². The largest absolute Gasteiger partial charge is 0.484 e. The first kappa shape index (κ1) is 18.1. The number of hydrogen-bond donors (Lipinski definition) is 2. The molecule has 126 valence electrons. The van der Waals surface area contributed by atoms with E-state index in [-0.39, 0.29) is 13.2 Å². The number of hydrogen-bond acceptors (Lipinski definition) is 4. The van der Waals surface area contributed by atoms with Gasteiger partial charge in [-0.05, 0) is 36.4 Å². The summed E-state index contributed by atoms with van der Waals surface area (Å²) < 4.78 is 11.4. The van der Waals surface area contributed by atoms with Crippen LogP contribution in [-0.2, 0) is 9.59 Å². The highest BCUT2D eigenvalue weighted by atomic mass is 79.9. The summed E-state index contributed by atoms with van der Waals surface area (Å²) in [5.41, 5.74) is 4.45. The average Bonchev–Trinajstić information content (AvgIpc) is 2.58. The van der Waals surface area contributed by atoms with E-state index in [0.29, 0.717) is 16.5 Å². The summed E-state index contributed by atoms with van der Waals surface area (Å²) in [4.78, 5) is 23.2. The zero-order chi connectivity index (χ0) is 17.4. The maximum absolute atomic E-state index is 11.6. The second-order valence-electron chi connectivity index (χ2n) is 4.56. The van der Waals surface area contributed by atoms with E-state index in [0.717, 1.165) is 4.47 Å². The lowest BCUT2D eigenvalue weighted by atomic mass is 10.3. The minimum Gasteiger partial charge on any atom is -0.484 e. The first-order valence-electron chi connectivity index (χ1n) is 6.88. The van der Waals surface area contributed by atoms with Gasteiger partial charge in [0.05, 0.1) is 5.02 Å². The number of benzene rings is 2. The molecule has 24 heavy (non-hydrogen) atoms. The van der Waals surface area contributed by atoms with Crippen molar-refractivity contribution in [2.24, 2.45) is 0 Å². The van der Waals surface area contributed by atoms with Crippen molar-refractivity contribution in [3.05, 3.63) is 58.0 Å². The fraction of sp³-hybridized carbons (Fsp3) is 0.125. The average molecular weight is 414 g/mol. The summed E-state index contributed by atoms with van der Waals surface area (Å²) in [7, 11) is 0. The van der Waals surface area contributed by atoms with Crippen molar-refractivity contribution in [2.45, 2.75) is 0 Å². The maximum Gasteiger partial charge on any atom is 0.276 e. The third-order valence-electron chi connectivity index (χ3n) is 2.72. The molecule has 0 heterocycles. The third-order valence-corrected chi connectivity index (χ3v) is 3.56. The minimum absolute atomic E-state index is 0.229. The van der Waals surface area contributed by atoms with Crippen LogP contribution in [0.2, 0.25) is 5.02 Å². The molecule has 8 heteroatoms. The van der Waals surface area contributed by atoms with Crippen LogP contribution in [0.5, 0.6) is 11.5 Å². The molecule has 0 aliphatic rings. The Bertz CT molecular complexity index is 709. The molecule has 0 aromatic heterocycles. The summed E-state index contributed by atoms with van der Waals surface area (Å²) in [5.74, 6) is -0.0862. The molecule has 0 spiro atoms. The molecule has 0 atom stereocenters. The molecule has 2 amide bonds. The van der Waals surface area contributed by atoms with Gasteiger partial charge >= 0.3 is 0 Å². The van der Waals surface area contributed by atoms with Gasteiger partial charge in [0, 0.05) is 4.47 Å². The third kappa shape index (κ3) is 6.10. The van der Waals surface area contributed by atoms with Crippen molar-refractivity contribution in [2.75, 3.05) is 13.2 Å². The van der Waals surface area contributed by atoms with Gasteiger partial charge in [0.2, 0.25) is 0 Å². The van der Waals surface area contributed by atoms with Crippen molar-refractivity contribution in [1.82, 2.24) is 10.9 Å². The molecule has 0 bridgehead atoms. The Morgan fingerprint density at radius 2 is 1.50 bits per heavy atom. The van der Waals surface area contributed by atoms with E-state index >= 15 is 0 Å². The number of carbonyl (C=O) groups excluding carboxylic acids is 2. The van der Waals surface area contributed by atoms with Crippen LogP contribution in [0.3, 0.4) is 0 Å². The van der Waals surface area contributed by atoms with Crippen LogP contribution in [0.1, 0.15) is 0 Å². The van der Waals surface area contributed by atoms with Gasteiger partial charge in [0.15, 0.2) is 13.2 Å². The van der Waals surface area contributed by atoms with Crippen molar-refractivity contribution < 1.29 is 19.1 Å². The van der Waals surface area contributed by atoms with Gasteiger partial charge in [-0.25, -0.2) is 0 Å². The van der Waals surface area contributed by atoms with E-state index in [4.69, 9.17) is 21.1 Å². The molecular formula is C16H14BrClN2O4. The van der Waals surface area contributed by atoms with E-state index in [1.165, 1.54) is 0 Å². The van der Waals surface area contributed by atoms with Crippen LogP contribution in [-0.4, -0.2) is 25.0 Å². The molecule has 0 aliphatic heterocycles. The van der Waals surface area contributed by atoms with Crippen molar-refractivity contribution in [3.63, 3.8) is 0 Å². The SMILES string of the molecule is O=C(COc1ccc(Br)cc1)NNC(=O)COc1ccccc1Cl. The Morgan fingerprint density at radius 1 is 0.917 bits per heavy atom. The van der Waals surface area contributed by atoms with Gasteiger partial charge in [-0.15, -0.1) is 0 Å². The highest BCUT2D eigenvalue weighted by Gasteiger charge is 2.07. The zero-order valence-electron chi connectivity index (χ0n) is 12.4. The molecule has 0 aliphatic carbocycles. The number of ether oxygens (including phenoxy) is 2. The van der Waals surface area contributed by atoms with Crippen molar-refractivity contribution in [3.8, 4) is 11.5 Å². The lowest BCUT2D eigenvalue weighted by Crippen LogP contribution is -2.45. The van der Waals surface area contributed by atoms with Crippen LogP contribution in [0.15, 0.2) is 53.0 Å². The number of para-hydroxylation sites is 1. The molecular weight excluding hydrogens is 400 g/mol. The highest BCUT2D eigenvalue weighted by molar-refractivity contribution is 9.10. The standard InChI is InChI=1S/C16H14BrClN2O4/c17-11-5-7-12(8-6-11)23-9-15(21)19-20-16(22)10-24-14-4-2-1-3-13(14)18/h1-8H,9-10H2,(H,19,21)(H,20,22). The number of amides is 2. The smallest absolute Gasteiger partial charge is 0.276 e. The maximum atomic E-state index is 11.6. The number of halogens is 2. The van der Waals surface area contributed by atoms with Crippen molar-refractivity contribution >= 4 is 39.3 Å². The fourth-order valence-electron chi connectivity index (χ4n) is 1.60. The summed E-state index contributed by atoms with van der Waals surface area (Å²) in [6, 6.07) is 13.8. The second-order valence-corrected chi connectivity index (χ2v) is 5.88. The highest BCUT2D eigenvalue weighted by Crippen LogP contribution is 2.22. The Labute approximate surface area is 152 Å². The molecule has 2 N–H and O–H groups in total. The van der Waals surface area contributed by atoms with E-state index in [9.17, 15) is 9.59 Å². The predicted molar refractivity (Wildman–Crippen MR) is 92.9 cm³/mol. The summed E-state index contributed by atoms with van der Waals surface area (Å²) >= 11 is 9.20. The summed E-state index contributed by atoms with van der Waals surface area (Å²) in [6.45, 7) is -0.509. The predicted octanol–water partition coefficient (Wildman–Crippen LogP) is 2.71. The number of rotatable bonds is 6. The zero-order valence-corrected chi connectivity index (χ0v) is 14.8. The Morgan fingerprint density at radius 3 is 2.12 bits per heavy atom. The molecule has 0 fully saturated rings. The molecule has 2 aromatic carbocycles. The van der Waals surface area contributed by atoms with Gasteiger partial charge in [-0.2, -0.15) is 0 Å². The van der Waals surface area contributed by atoms with E-state index in [2.05, 4.69) is 26.8 Å². The number of carbonyl (C=O) groups is 2. The first-order valence-corrected chi connectivity index (χ1v) is 8.05. The van der Waals surface area contributed by atoms with Crippen LogP contribution < -0.4 is 20.3 Å². The second kappa shape index (κ2) is 9.14. The summed E-state index contributed by atoms with van der Waals surface area (Å²) in [6.07, 6.45) is 0. The monoisotopic (exact) mass is 412 g/mol. The molecule has 0 saturated heterocycles. The fourth-order valence-corrected chi connectivity index (χ4v) is 2.05. The van der Waals surface area contributed by atoms with Crippen LogP contribution in [0.4, 0.5) is 0 Å².